The van der Waals surface area contributed by atoms with Gasteiger partial charge in [-0.25, -0.2) is 0 Å². The van der Waals surface area contributed by atoms with E-state index in [4.69, 9.17) is 9.47 Å². The summed E-state index contributed by atoms with van der Waals surface area (Å²) >= 11 is 0. The molecule has 1 N–H and O–H groups in total. The van der Waals surface area contributed by atoms with Gasteiger partial charge in [0.2, 0.25) is 0 Å². The van der Waals surface area contributed by atoms with Crippen LogP contribution in [0.3, 0.4) is 0 Å². The van der Waals surface area contributed by atoms with Crippen molar-refractivity contribution < 1.29 is 14.3 Å². The Bertz CT molecular complexity index is 551. The van der Waals surface area contributed by atoms with Crippen molar-refractivity contribution >= 4 is 5.91 Å². The third-order valence-corrected chi connectivity index (χ3v) is 4.07. The molecule has 22 heavy (non-hydrogen) atoms. The summed E-state index contributed by atoms with van der Waals surface area (Å²) in [5, 5.41) is 3.28. The Morgan fingerprint density at radius 3 is 2.77 bits per heavy atom. The summed E-state index contributed by atoms with van der Waals surface area (Å²) in [7, 11) is 5.03. The Balaban J connectivity index is 2.34. The Labute approximate surface area is 131 Å². The smallest absolute Gasteiger partial charge is 0.254 e. The highest BCUT2D eigenvalue weighted by atomic mass is 16.5. The van der Waals surface area contributed by atoms with Gasteiger partial charge in [-0.3, -0.25) is 4.79 Å². The second-order valence-electron chi connectivity index (χ2n) is 5.43. The number of nitrogens with one attached hydrogen (secondary N) is 1. The highest BCUT2D eigenvalue weighted by Gasteiger charge is 2.25. The van der Waals surface area contributed by atoms with Gasteiger partial charge >= 0.3 is 0 Å². The average Bonchev–Trinajstić information content (AvgIpc) is 3.07. The first kappa shape index (κ1) is 16.4. The van der Waals surface area contributed by atoms with E-state index in [-0.39, 0.29) is 11.9 Å². The van der Waals surface area contributed by atoms with Crippen molar-refractivity contribution in [2.45, 2.75) is 18.9 Å². The van der Waals surface area contributed by atoms with Gasteiger partial charge in [0.1, 0.15) is 0 Å². The van der Waals surface area contributed by atoms with Gasteiger partial charge < -0.3 is 19.7 Å². The van der Waals surface area contributed by atoms with Crippen molar-refractivity contribution in [3.63, 3.8) is 0 Å². The maximum absolute atomic E-state index is 12.7. The molecule has 1 aromatic carbocycles. The number of hydrogen-bond donors (Lipinski definition) is 1. The van der Waals surface area contributed by atoms with E-state index < -0.39 is 0 Å². The third kappa shape index (κ3) is 3.25. The van der Waals surface area contributed by atoms with Crippen LogP contribution in [-0.2, 0) is 6.42 Å². The van der Waals surface area contributed by atoms with E-state index in [9.17, 15) is 4.79 Å². The Morgan fingerprint density at radius 1 is 1.45 bits per heavy atom. The lowest BCUT2D eigenvalue weighted by Gasteiger charge is -2.24. The summed E-state index contributed by atoms with van der Waals surface area (Å²) in [5.41, 5.74) is 1.52. The number of methoxy groups -OCH3 is 2. The largest absolute Gasteiger partial charge is 0.493 e. The van der Waals surface area contributed by atoms with Crippen LogP contribution < -0.4 is 14.8 Å². The molecule has 0 aromatic heterocycles. The number of benzene rings is 1. The summed E-state index contributed by atoms with van der Waals surface area (Å²) in [6.07, 6.45) is 3.39. The van der Waals surface area contributed by atoms with E-state index in [1.807, 2.05) is 13.1 Å². The Hall–Kier alpha value is -2.01. The number of carbonyl (C=O) groups excluding carboxylic acids is 1. The molecule has 5 heteroatoms. The van der Waals surface area contributed by atoms with E-state index in [2.05, 4.69) is 11.9 Å². The number of nitrogens with zero attached hydrogens (tertiary/aromatic N) is 1. The van der Waals surface area contributed by atoms with Crippen molar-refractivity contribution in [3.05, 3.63) is 35.9 Å². The number of ether oxygens (including phenoxy) is 2. The molecule has 0 spiro atoms. The van der Waals surface area contributed by atoms with E-state index >= 15 is 0 Å². The first-order valence-corrected chi connectivity index (χ1v) is 7.46. The van der Waals surface area contributed by atoms with Crippen molar-refractivity contribution in [1.82, 2.24) is 10.2 Å². The number of rotatable bonds is 6. The van der Waals surface area contributed by atoms with Crippen LogP contribution in [0.2, 0.25) is 0 Å². The fourth-order valence-corrected chi connectivity index (χ4v) is 2.81. The van der Waals surface area contributed by atoms with Crippen LogP contribution in [0.1, 0.15) is 22.3 Å². The third-order valence-electron chi connectivity index (χ3n) is 4.07. The zero-order chi connectivity index (χ0) is 16.1. The van der Waals surface area contributed by atoms with Crippen molar-refractivity contribution in [2.24, 2.45) is 0 Å². The van der Waals surface area contributed by atoms with Gasteiger partial charge in [0.05, 0.1) is 14.2 Å². The zero-order valence-electron chi connectivity index (χ0n) is 13.5. The lowest BCUT2D eigenvalue weighted by molar-refractivity contribution is 0.0743. The molecular formula is C17H24N2O3. The summed E-state index contributed by atoms with van der Waals surface area (Å²) in [6.45, 7) is 5.56. The maximum Gasteiger partial charge on any atom is 0.254 e. The molecule has 1 unspecified atom stereocenters. The predicted molar refractivity (Wildman–Crippen MR) is 86.8 cm³/mol. The topological polar surface area (TPSA) is 50.8 Å². The monoisotopic (exact) mass is 304 g/mol. The van der Waals surface area contributed by atoms with Crippen molar-refractivity contribution in [2.75, 3.05) is 34.4 Å². The van der Waals surface area contributed by atoms with Gasteiger partial charge in [-0.15, -0.1) is 6.58 Å². The van der Waals surface area contributed by atoms with Gasteiger partial charge in [-0.1, -0.05) is 6.08 Å². The van der Waals surface area contributed by atoms with Gasteiger partial charge in [0.15, 0.2) is 11.5 Å². The van der Waals surface area contributed by atoms with Crippen LogP contribution in [0.15, 0.2) is 24.8 Å². The van der Waals surface area contributed by atoms with Gasteiger partial charge in [0.25, 0.3) is 5.91 Å². The molecule has 1 amide bonds. The van der Waals surface area contributed by atoms with Crippen molar-refractivity contribution in [3.8, 4) is 11.5 Å². The van der Waals surface area contributed by atoms with Crippen LogP contribution in [0, 0.1) is 0 Å². The summed E-state index contributed by atoms with van der Waals surface area (Å²) in [4.78, 5) is 14.5. The zero-order valence-corrected chi connectivity index (χ0v) is 13.5. The molecule has 0 bridgehead atoms. The lowest BCUT2D eigenvalue weighted by Crippen LogP contribution is -2.38. The summed E-state index contributed by atoms with van der Waals surface area (Å²) in [6, 6.07) is 3.85. The van der Waals surface area contributed by atoms with Crippen LogP contribution >= 0.6 is 0 Å². The van der Waals surface area contributed by atoms with Crippen LogP contribution in [0.5, 0.6) is 11.5 Å². The Kier molecular flexibility index (Phi) is 5.44. The van der Waals surface area contributed by atoms with Gasteiger partial charge in [-0.2, -0.15) is 0 Å². The normalized spacial score (nSPS) is 17.1. The Morgan fingerprint density at radius 2 is 2.23 bits per heavy atom. The number of likely N-dealkylation sites (N-methyl/N-ethyl adjacent to an activating group) is 1. The standard InChI is InChI=1S/C17H24N2O3/c1-5-6-12-9-13(10-15(21-3)16(12)22-4)17(20)19(2)14-7-8-18-11-14/h5,9-10,14,18H,1,6-8,11H2,2-4H3. The molecule has 120 valence electrons. The molecule has 1 aromatic rings. The van der Waals surface area contributed by atoms with Crippen LogP contribution in [0.25, 0.3) is 0 Å². The molecular weight excluding hydrogens is 280 g/mol. The first-order valence-electron chi connectivity index (χ1n) is 7.46. The second kappa shape index (κ2) is 7.31. The van der Waals surface area contributed by atoms with Gasteiger partial charge in [-0.05, 0) is 31.5 Å². The first-order chi connectivity index (χ1) is 10.6. The van der Waals surface area contributed by atoms with Gasteiger partial charge in [0, 0.05) is 30.8 Å². The predicted octanol–water partition coefficient (Wildman–Crippen LogP) is 1.87. The summed E-state index contributed by atoms with van der Waals surface area (Å²) in [5.74, 6) is 1.23. The maximum atomic E-state index is 12.7. The molecule has 1 aliphatic heterocycles. The number of allylic oxidation sites excluding steroid dienone is 1. The van der Waals surface area contributed by atoms with Crippen molar-refractivity contribution in [1.29, 1.82) is 0 Å². The highest BCUT2D eigenvalue weighted by molar-refractivity contribution is 5.95. The minimum Gasteiger partial charge on any atom is -0.493 e. The molecule has 1 heterocycles. The van der Waals surface area contributed by atoms with Crippen LogP contribution in [-0.4, -0.2) is 51.2 Å². The minimum absolute atomic E-state index is 0.0000321. The number of amides is 1. The molecule has 1 atom stereocenters. The molecule has 1 aliphatic rings. The fraction of sp³-hybridized carbons (Fsp3) is 0.471. The quantitative estimate of drug-likeness (QED) is 0.815. The van der Waals surface area contributed by atoms with E-state index in [1.165, 1.54) is 0 Å². The second-order valence-corrected chi connectivity index (χ2v) is 5.43. The average molecular weight is 304 g/mol. The molecule has 1 saturated heterocycles. The SMILES string of the molecule is C=CCc1cc(C(=O)N(C)C2CCNC2)cc(OC)c1OC. The molecule has 0 aliphatic carbocycles. The molecule has 2 rings (SSSR count). The molecule has 1 fully saturated rings. The van der Waals surface area contributed by atoms with E-state index in [0.29, 0.717) is 23.5 Å². The number of hydrogen-bond acceptors (Lipinski definition) is 4. The molecule has 0 radical (unpaired) electrons. The number of carbonyl (C=O) groups is 1. The lowest BCUT2D eigenvalue weighted by atomic mass is 10.0. The van der Waals surface area contributed by atoms with E-state index in [0.717, 1.165) is 25.1 Å². The van der Waals surface area contributed by atoms with E-state index in [1.54, 1.807) is 31.3 Å². The van der Waals surface area contributed by atoms with Crippen LogP contribution in [0.4, 0.5) is 0 Å². The molecule has 0 saturated carbocycles. The molecule has 5 nitrogen and oxygen atoms in total. The summed E-state index contributed by atoms with van der Waals surface area (Å²) < 4.78 is 10.8. The minimum atomic E-state index is -0.0000321. The fourth-order valence-electron chi connectivity index (χ4n) is 2.81. The highest BCUT2D eigenvalue weighted by Crippen LogP contribution is 2.33.